The summed E-state index contributed by atoms with van der Waals surface area (Å²) in [6, 6.07) is 4.10. The van der Waals surface area contributed by atoms with Crippen molar-refractivity contribution in [2.45, 2.75) is 31.4 Å². The van der Waals surface area contributed by atoms with Crippen LogP contribution in [-0.4, -0.2) is 29.2 Å². The maximum Gasteiger partial charge on any atom is 0.418 e. The van der Waals surface area contributed by atoms with E-state index in [0.717, 1.165) is 18.2 Å². The van der Waals surface area contributed by atoms with Crippen molar-refractivity contribution < 1.29 is 18.3 Å². The van der Waals surface area contributed by atoms with Crippen LogP contribution in [0, 0.1) is 0 Å². The van der Waals surface area contributed by atoms with Crippen LogP contribution in [0.15, 0.2) is 18.2 Å². The smallest absolute Gasteiger partial charge is 0.392 e. The van der Waals surface area contributed by atoms with Crippen molar-refractivity contribution in [1.29, 1.82) is 0 Å². The second-order valence-electron chi connectivity index (χ2n) is 4.85. The zero-order valence-corrected chi connectivity index (χ0v) is 12.1. The quantitative estimate of drug-likeness (QED) is 0.924. The Kier molecular flexibility index (Phi) is 4.86. The van der Waals surface area contributed by atoms with Gasteiger partial charge in [0.1, 0.15) is 0 Å². The predicted octanol–water partition coefficient (Wildman–Crippen LogP) is 3.53. The number of hydrogen-bond acceptors (Lipinski definition) is 3. The highest BCUT2D eigenvalue weighted by atomic mass is 32.2. The number of thioether (sulfide) groups is 1. The van der Waals surface area contributed by atoms with Crippen LogP contribution in [0.2, 0.25) is 0 Å². The Labute approximate surface area is 121 Å². The van der Waals surface area contributed by atoms with Gasteiger partial charge in [-0.3, -0.25) is 0 Å². The van der Waals surface area contributed by atoms with Crippen molar-refractivity contribution in [2.75, 3.05) is 23.7 Å². The number of alkyl halides is 3. The molecule has 1 heterocycles. The third-order valence-corrected chi connectivity index (χ3v) is 4.86. The van der Waals surface area contributed by atoms with Gasteiger partial charge in [-0.15, -0.1) is 0 Å². The minimum atomic E-state index is -4.40. The van der Waals surface area contributed by atoms with Crippen LogP contribution in [0.25, 0.3) is 0 Å². The lowest BCUT2D eigenvalue weighted by atomic mass is 10.1. The fourth-order valence-electron chi connectivity index (χ4n) is 2.37. The van der Waals surface area contributed by atoms with Crippen molar-refractivity contribution in [3.8, 4) is 0 Å². The summed E-state index contributed by atoms with van der Waals surface area (Å²) < 4.78 is 39.6. The topological polar surface area (TPSA) is 23.5 Å². The lowest BCUT2D eigenvalue weighted by Gasteiger charge is -2.35. The van der Waals surface area contributed by atoms with E-state index in [9.17, 15) is 13.2 Å². The lowest BCUT2D eigenvalue weighted by Crippen LogP contribution is -2.38. The molecule has 2 rings (SSSR count). The minimum absolute atomic E-state index is 0.230. The van der Waals surface area contributed by atoms with E-state index in [1.165, 1.54) is 6.07 Å². The van der Waals surface area contributed by atoms with Crippen LogP contribution < -0.4 is 4.90 Å². The zero-order valence-electron chi connectivity index (χ0n) is 11.3. The second-order valence-corrected chi connectivity index (χ2v) is 6.26. The van der Waals surface area contributed by atoms with Crippen molar-refractivity contribution in [3.63, 3.8) is 0 Å². The van der Waals surface area contributed by atoms with E-state index in [0.29, 0.717) is 23.9 Å². The highest BCUT2D eigenvalue weighted by Crippen LogP contribution is 2.38. The van der Waals surface area contributed by atoms with Crippen LogP contribution >= 0.6 is 11.8 Å². The molecule has 0 aromatic heterocycles. The molecule has 0 radical (unpaired) electrons. The highest BCUT2D eigenvalue weighted by Gasteiger charge is 2.36. The summed E-state index contributed by atoms with van der Waals surface area (Å²) in [6.07, 6.45) is -3.44. The van der Waals surface area contributed by atoms with E-state index in [-0.39, 0.29) is 12.3 Å². The van der Waals surface area contributed by atoms with Crippen molar-refractivity contribution >= 4 is 17.4 Å². The summed E-state index contributed by atoms with van der Waals surface area (Å²) in [7, 11) is 0. The van der Waals surface area contributed by atoms with E-state index < -0.39 is 11.7 Å². The highest BCUT2D eigenvalue weighted by molar-refractivity contribution is 8.00. The summed E-state index contributed by atoms with van der Waals surface area (Å²) in [5.41, 5.74) is -0.126. The molecule has 1 aliphatic rings. The summed E-state index contributed by atoms with van der Waals surface area (Å²) in [5.74, 6) is 0.845. The number of anilines is 1. The van der Waals surface area contributed by atoms with Gasteiger partial charge in [0.05, 0.1) is 12.2 Å². The molecule has 20 heavy (non-hydrogen) atoms. The molecule has 1 fully saturated rings. The van der Waals surface area contributed by atoms with Gasteiger partial charge in [-0.05, 0) is 24.1 Å². The Morgan fingerprint density at radius 2 is 2.15 bits per heavy atom. The summed E-state index contributed by atoms with van der Waals surface area (Å²) in [5, 5.41) is 9.40. The van der Waals surface area contributed by atoms with Crippen LogP contribution in [0.4, 0.5) is 18.9 Å². The Morgan fingerprint density at radius 3 is 2.75 bits per heavy atom. The van der Waals surface area contributed by atoms with Gasteiger partial charge in [-0.2, -0.15) is 24.9 Å². The maximum absolute atomic E-state index is 13.2. The van der Waals surface area contributed by atoms with E-state index >= 15 is 0 Å². The number of benzene rings is 1. The van der Waals surface area contributed by atoms with Crippen molar-refractivity contribution in [3.05, 3.63) is 29.3 Å². The molecule has 0 spiro atoms. The molecule has 0 aliphatic carbocycles. The Balaban J connectivity index is 2.35. The minimum Gasteiger partial charge on any atom is -0.392 e. The molecule has 112 valence electrons. The van der Waals surface area contributed by atoms with Gasteiger partial charge >= 0.3 is 6.18 Å². The number of hydrogen-bond donors (Lipinski definition) is 1. The normalized spacial score (nSPS) is 20.2. The number of nitrogens with zero attached hydrogens (tertiary/aromatic N) is 1. The first-order valence-corrected chi connectivity index (χ1v) is 7.68. The van der Waals surface area contributed by atoms with Crippen LogP contribution in [0.3, 0.4) is 0 Å². The largest absolute Gasteiger partial charge is 0.418 e. The first-order valence-electron chi connectivity index (χ1n) is 6.63. The molecule has 2 nitrogen and oxygen atoms in total. The van der Waals surface area contributed by atoms with E-state index in [1.54, 1.807) is 6.07 Å². The molecule has 1 aromatic rings. The molecule has 1 atom stereocenters. The van der Waals surface area contributed by atoms with Gasteiger partial charge in [0, 0.05) is 29.8 Å². The molecule has 6 heteroatoms. The standard InChI is InChI=1S/C14H18F3NOS/c1-2-11-8-18(5-6-20-11)13-4-3-10(9-19)7-12(13)14(15,16)17/h3-4,7,11,19H,2,5-6,8-9H2,1H3. The number of aliphatic hydroxyl groups is 1. The molecular weight excluding hydrogens is 287 g/mol. The monoisotopic (exact) mass is 305 g/mol. The van der Waals surface area contributed by atoms with Gasteiger partial charge < -0.3 is 10.0 Å². The van der Waals surface area contributed by atoms with Gasteiger partial charge in [-0.25, -0.2) is 0 Å². The SMILES string of the molecule is CCC1CN(c2ccc(CO)cc2C(F)(F)F)CCS1. The molecular formula is C14H18F3NOS. The second kappa shape index (κ2) is 6.26. The summed E-state index contributed by atoms with van der Waals surface area (Å²) >= 11 is 1.82. The Hall–Kier alpha value is -0.880. The average molecular weight is 305 g/mol. The Morgan fingerprint density at radius 1 is 1.40 bits per heavy atom. The van der Waals surface area contributed by atoms with Crippen molar-refractivity contribution in [2.24, 2.45) is 0 Å². The fourth-order valence-corrected chi connectivity index (χ4v) is 3.55. The third-order valence-electron chi connectivity index (χ3n) is 3.48. The molecule has 1 saturated heterocycles. The average Bonchev–Trinajstić information content (AvgIpc) is 2.45. The molecule has 0 amide bonds. The van der Waals surface area contributed by atoms with E-state index in [4.69, 9.17) is 5.11 Å². The first kappa shape index (κ1) is 15.5. The Bertz CT molecular complexity index is 464. The van der Waals surface area contributed by atoms with Crippen LogP contribution in [0.5, 0.6) is 0 Å². The molecule has 1 aliphatic heterocycles. The van der Waals surface area contributed by atoms with Gasteiger partial charge in [0.15, 0.2) is 0 Å². The van der Waals surface area contributed by atoms with Gasteiger partial charge in [0.2, 0.25) is 0 Å². The molecule has 0 saturated carbocycles. The summed E-state index contributed by atoms with van der Waals surface area (Å²) in [4.78, 5) is 1.81. The molecule has 1 unspecified atom stereocenters. The van der Waals surface area contributed by atoms with E-state index in [2.05, 4.69) is 6.92 Å². The molecule has 1 N–H and O–H groups in total. The first-order chi connectivity index (χ1) is 9.45. The van der Waals surface area contributed by atoms with Gasteiger partial charge in [0.25, 0.3) is 0 Å². The van der Waals surface area contributed by atoms with Crippen LogP contribution in [0.1, 0.15) is 24.5 Å². The predicted molar refractivity (Wildman–Crippen MR) is 76.1 cm³/mol. The lowest BCUT2D eigenvalue weighted by molar-refractivity contribution is -0.137. The molecule has 1 aromatic carbocycles. The number of rotatable bonds is 3. The van der Waals surface area contributed by atoms with E-state index in [1.807, 2.05) is 16.7 Å². The third kappa shape index (κ3) is 3.41. The fraction of sp³-hybridized carbons (Fsp3) is 0.571. The number of halogens is 3. The molecule has 0 bridgehead atoms. The zero-order chi connectivity index (χ0) is 14.8. The number of aliphatic hydroxyl groups excluding tert-OH is 1. The summed E-state index contributed by atoms with van der Waals surface area (Å²) in [6.45, 7) is 2.95. The van der Waals surface area contributed by atoms with Crippen molar-refractivity contribution in [1.82, 2.24) is 0 Å². The van der Waals surface area contributed by atoms with Crippen LogP contribution in [-0.2, 0) is 12.8 Å². The maximum atomic E-state index is 13.2. The van der Waals surface area contributed by atoms with Gasteiger partial charge in [-0.1, -0.05) is 13.0 Å².